The van der Waals surface area contributed by atoms with Crippen LogP contribution in [0.15, 0.2) is 12.1 Å². The van der Waals surface area contributed by atoms with E-state index in [0.29, 0.717) is 0 Å². The summed E-state index contributed by atoms with van der Waals surface area (Å²) in [4.78, 5) is 0. The Hall–Kier alpha value is -0.930. The first-order valence-corrected chi connectivity index (χ1v) is 8.25. The van der Waals surface area contributed by atoms with Gasteiger partial charge >= 0.3 is 0 Å². The molecule has 0 aromatic heterocycles. The van der Waals surface area contributed by atoms with Gasteiger partial charge in [-0.3, -0.25) is 0 Å². The first-order chi connectivity index (χ1) is 10.1. The Morgan fingerprint density at radius 2 is 1.95 bits per heavy atom. The quantitative estimate of drug-likeness (QED) is 0.892. The molecule has 1 aromatic carbocycles. The monoisotopic (exact) mass is 309 g/mol. The lowest BCUT2D eigenvalue weighted by Crippen LogP contribution is -2.32. The zero-order chi connectivity index (χ0) is 15.0. The van der Waals surface area contributed by atoms with E-state index in [1.54, 1.807) is 7.11 Å². The molecular formula is C17H24ClNO2. The van der Waals surface area contributed by atoms with E-state index >= 15 is 0 Å². The number of rotatable bonds is 5. The molecule has 1 aromatic rings. The van der Waals surface area contributed by atoms with Crippen LogP contribution in [0.4, 0.5) is 0 Å². The fourth-order valence-corrected chi connectivity index (χ4v) is 3.86. The molecular weight excluding hydrogens is 286 g/mol. The molecule has 2 aliphatic carbocycles. The van der Waals surface area contributed by atoms with Crippen molar-refractivity contribution in [3.05, 3.63) is 22.7 Å². The molecule has 116 valence electrons. The molecule has 1 unspecified atom stereocenters. The minimum Gasteiger partial charge on any atom is -0.493 e. The highest BCUT2D eigenvalue weighted by atomic mass is 35.5. The molecule has 0 aliphatic heterocycles. The topological polar surface area (TPSA) is 44.5 Å². The fourth-order valence-electron chi connectivity index (χ4n) is 3.52. The summed E-state index contributed by atoms with van der Waals surface area (Å²) >= 11 is 6.52. The van der Waals surface area contributed by atoms with Gasteiger partial charge in [0.2, 0.25) is 0 Å². The second-order valence-corrected chi connectivity index (χ2v) is 6.83. The van der Waals surface area contributed by atoms with Crippen molar-refractivity contribution in [2.24, 2.45) is 5.73 Å². The molecule has 2 N–H and O–H groups in total. The fraction of sp³-hybridized carbons (Fsp3) is 0.647. The Balaban J connectivity index is 2.04. The summed E-state index contributed by atoms with van der Waals surface area (Å²) in [6, 6.07) is 3.86. The number of ether oxygens (including phenoxy) is 2. The second-order valence-electron chi connectivity index (χ2n) is 6.42. The highest BCUT2D eigenvalue weighted by Gasteiger charge is 2.51. The number of benzene rings is 1. The van der Waals surface area contributed by atoms with Gasteiger partial charge in [0.05, 0.1) is 13.2 Å². The van der Waals surface area contributed by atoms with Gasteiger partial charge in [0.15, 0.2) is 11.5 Å². The summed E-state index contributed by atoms with van der Waals surface area (Å²) in [7, 11) is 1.68. The van der Waals surface area contributed by atoms with Crippen LogP contribution in [-0.4, -0.2) is 19.3 Å². The first kappa shape index (κ1) is 15.0. The molecule has 0 heterocycles. The van der Waals surface area contributed by atoms with E-state index in [2.05, 4.69) is 6.92 Å². The molecule has 3 nitrogen and oxygen atoms in total. The summed E-state index contributed by atoms with van der Waals surface area (Å²) in [5, 5.41) is 0.749. The van der Waals surface area contributed by atoms with Gasteiger partial charge < -0.3 is 15.2 Å². The SMILES string of the molecule is COc1ccc(Cl)c(C2(C(C)N)CC2)c1OC1CCCC1. The third-order valence-corrected chi connectivity index (χ3v) is 5.35. The lowest BCUT2D eigenvalue weighted by atomic mass is 9.88. The Kier molecular flexibility index (Phi) is 4.06. The summed E-state index contributed by atoms with van der Waals surface area (Å²) in [5.41, 5.74) is 7.27. The van der Waals surface area contributed by atoms with Crippen molar-refractivity contribution in [2.45, 2.75) is 63.0 Å². The Labute approximate surface area is 131 Å². The average molecular weight is 310 g/mol. The molecule has 2 fully saturated rings. The highest BCUT2D eigenvalue weighted by molar-refractivity contribution is 6.31. The van der Waals surface area contributed by atoms with E-state index in [0.717, 1.165) is 47.8 Å². The third-order valence-electron chi connectivity index (χ3n) is 5.04. The van der Waals surface area contributed by atoms with Crippen LogP contribution >= 0.6 is 11.6 Å². The Bertz CT molecular complexity index is 520. The van der Waals surface area contributed by atoms with Crippen LogP contribution in [0, 0.1) is 0 Å². The van der Waals surface area contributed by atoms with Crippen molar-refractivity contribution >= 4 is 11.6 Å². The molecule has 2 aliphatic rings. The number of nitrogens with two attached hydrogens (primary N) is 1. The van der Waals surface area contributed by atoms with Crippen LogP contribution in [0.1, 0.15) is 51.0 Å². The lowest BCUT2D eigenvalue weighted by molar-refractivity contribution is 0.196. The second kappa shape index (κ2) is 5.69. The maximum atomic E-state index is 6.52. The van der Waals surface area contributed by atoms with E-state index in [-0.39, 0.29) is 17.6 Å². The molecule has 3 rings (SSSR count). The van der Waals surface area contributed by atoms with Crippen LogP contribution in [0.5, 0.6) is 11.5 Å². The largest absolute Gasteiger partial charge is 0.493 e. The van der Waals surface area contributed by atoms with E-state index in [4.69, 9.17) is 26.8 Å². The summed E-state index contributed by atoms with van der Waals surface area (Å²) in [5.74, 6) is 1.60. The van der Waals surface area contributed by atoms with Crippen LogP contribution in [0.3, 0.4) is 0 Å². The standard InChI is InChI=1S/C17H24ClNO2/c1-11(19)17(9-10-17)15-13(18)7-8-14(20-2)16(15)21-12-5-3-4-6-12/h7-8,11-12H,3-6,9-10,19H2,1-2H3. The van der Waals surface area contributed by atoms with Crippen LogP contribution < -0.4 is 15.2 Å². The smallest absolute Gasteiger partial charge is 0.166 e. The normalized spacial score (nSPS) is 22.1. The van der Waals surface area contributed by atoms with Gasteiger partial charge in [-0.2, -0.15) is 0 Å². The molecule has 4 heteroatoms. The predicted molar refractivity (Wildman–Crippen MR) is 85.4 cm³/mol. The minimum atomic E-state index is -0.0421. The van der Waals surface area contributed by atoms with Crippen molar-refractivity contribution in [1.82, 2.24) is 0 Å². The maximum absolute atomic E-state index is 6.52. The van der Waals surface area contributed by atoms with E-state index in [1.165, 1.54) is 12.8 Å². The van der Waals surface area contributed by atoms with Gasteiger partial charge in [-0.1, -0.05) is 11.6 Å². The molecule has 2 saturated carbocycles. The first-order valence-electron chi connectivity index (χ1n) is 7.87. The zero-order valence-electron chi connectivity index (χ0n) is 12.8. The van der Waals surface area contributed by atoms with E-state index < -0.39 is 0 Å². The van der Waals surface area contributed by atoms with Crippen molar-refractivity contribution in [3.63, 3.8) is 0 Å². The molecule has 0 spiro atoms. The van der Waals surface area contributed by atoms with E-state index in [1.807, 2.05) is 12.1 Å². The van der Waals surface area contributed by atoms with Crippen molar-refractivity contribution < 1.29 is 9.47 Å². The molecule has 0 saturated heterocycles. The van der Waals surface area contributed by atoms with Gasteiger partial charge in [-0.25, -0.2) is 0 Å². The van der Waals surface area contributed by atoms with Gasteiger partial charge in [-0.15, -0.1) is 0 Å². The molecule has 0 amide bonds. The number of halogens is 1. The molecule has 0 bridgehead atoms. The Morgan fingerprint density at radius 1 is 1.29 bits per heavy atom. The zero-order valence-corrected chi connectivity index (χ0v) is 13.6. The van der Waals surface area contributed by atoms with E-state index in [9.17, 15) is 0 Å². The van der Waals surface area contributed by atoms with Crippen molar-refractivity contribution in [1.29, 1.82) is 0 Å². The average Bonchev–Trinajstić information content (AvgIpc) is 3.10. The lowest BCUT2D eigenvalue weighted by Gasteiger charge is -2.27. The molecule has 0 radical (unpaired) electrons. The maximum Gasteiger partial charge on any atom is 0.166 e. The van der Waals surface area contributed by atoms with Crippen molar-refractivity contribution in [3.8, 4) is 11.5 Å². The van der Waals surface area contributed by atoms with Gasteiger partial charge in [0.1, 0.15) is 0 Å². The summed E-state index contributed by atoms with van der Waals surface area (Å²) < 4.78 is 11.9. The summed E-state index contributed by atoms with van der Waals surface area (Å²) in [6.45, 7) is 2.06. The van der Waals surface area contributed by atoms with Gasteiger partial charge in [0, 0.05) is 22.0 Å². The Morgan fingerprint density at radius 3 is 2.48 bits per heavy atom. The van der Waals surface area contributed by atoms with Crippen LogP contribution in [-0.2, 0) is 5.41 Å². The number of methoxy groups -OCH3 is 1. The van der Waals surface area contributed by atoms with Crippen molar-refractivity contribution in [2.75, 3.05) is 7.11 Å². The summed E-state index contributed by atoms with van der Waals surface area (Å²) in [6.07, 6.45) is 7.11. The van der Waals surface area contributed by atoms with Crippen LogP contribution in [0.2, 0.25) is 5.02 Å². The molecule has 21 heavy (non-hydrogen) atoms. The number of hydrogen-bond acceptors (Lipinski definition) is 3. The van der Waals surface area contributed by atoms with Crippen LogP contribution in [0.25, 0.3) is 0 Å². The predicted octanol–water partition coefficient (Wildman–Crippen LogP) is 4.05. The number of hydrogen-bond donors (Lipinski definition) is 1. The molecule has 1 atom stereocenters. The highest BCUT2D eigenvalue weighted by Crippen LogP contribution is 2.57. The minimum absolute atomic E-state index is 0.0421. The van der Waals surface area contributed by atoms with Gasteiger partial charge in [0.25, 0.3) is 0 Å². The van der Waals surface area contributed by atoms with Gasteiger partial charge in [-0.05, 0) is 57.6 Å². The third kappa shape index (κ3) is 2.62.